The molecule has 1 heterocycles. The molecular weight excluding hydrogens is 237 g/mol. The van der Waals surface area contributed by atoms with Crippen molar-refractivity contribution < 1.29 is 4.39 Å². The monoisotopic (exact) mass is 251 g/mol. The summed E-state index contributed by atoms with van der Waals surface area (Å²) >= 11 is 0. The number of rotatable bonds is 2. The van der Waals surface area contributed by atoms with Crippen molar-refractivity contribution in [1.29, 1.82) is 0 Å². The molecule has 0 fully saturated rings. The van der Waals surface area contributed by atoms with Crippen molar-refractivity contribution in [2.75, 3.05) is 0 Å². The number of nitrogens with zero attached hydrogens (tertiary/aromatic N) is 1. The van der Waals surface area contributed by atoms with Crippen LogP contribution in [-0.2, 0) is 13.0 Å². The maximum atomic E-state index is 13.4. The second-order valence-corrected chi connectivity index (χ2v) is 5.27. The topological polar surface area (TPSA) is 4.93 Å². The van der Waals surface area contributed by atoms with E-state index in [1.54, 1.807) is 6.07 Å². The Labute approximate surface area is 111 Å². The Morgan fingerprint density at radius 2 is 2.00 bits per heavy atom. The van der Waals surface area contributed by atoms with E-state index in [0.717, 1.165) is 23.9 Å². The maximum Gasteiger partial charge on any atom is 0.125 e. The Hall–Kier alpha value is -2.09. The molecule has 0 amide bonds. The lowest BCUT2D eigenvalue weighted by Crippen LogP contribution is -2.21. The summed E-state index contributed by atoms with van der Waals surface area (Å²) in [5, 5.41) is 1.11. The fourth-order valence-corrected chi connectivity index (χ4v) is 3.08. The van der Waals surface area contributed by atoms with Gasteiger partial charge in [-0.15, -0.1) is 0 Å². The first-order valence-electron chi connectivity index (χ1n) is 6.63. The van der Waals surface area contributed by atoms with Crippen LogP contribution in [0.5, 0.6) is 0 Å². The van der Waals surface area contributed by atoms with Gasteiger partial charge in [0.1, 0.15) is 5.82 Å². The van der Waals surface area contributed by atoms with E-state index in [2.05, 4.69) is 41.1 Å². The molecule has 1 atom stereocenters. The Bertz CT molecular complexity index is 757. The van der Waals surface area contributed by atoms with E-state index in [4.69, 9.17) is 0 Å². The van der Waals surface area contributed by atoms with Gasteiger partial charge in [0.15, 0.2) is 0 Å². The van der Waals surface area contributed by atoms with Gasteiger partial charge in [0.05, 0.1) is 5.52 Å². The van der Waals surface area contributed by atoms with Crippen LogP contribution in [0.25, 0.3) is 10.9 Å². The van der Waals surface area contributed by atoms with Gasteiger partial charge in [-0.1, -0.05) is 24.3 Å². The average Bonchev–Trinajstić information content (AvgIpc) is 2.78. The number of halogens is 1. The highest BCUT2D eigenvalue weighted by Crippen LogP contribution is 2.36. The molecule has 2 aromatic carbocycles. The molecular formula is C17H14FN. The smallest absolute Gasteiger partial charge is 0.125 e. The second kappa shape index (κ2) is 3.95. The Balaban J connectivity index is 1.68. The molecule has 19 heavy (non-hydrogen) atoms. The lowest BCUT2D eigenvalue weighted by Gasteiger charge is -2.30. The summed E-state index contributed by atoms with van der Waals surface area (Å²) in [6.07, 6.45) is 3.19. The predicted octanol–water partition coefficient (Wildman–Crippen LogP) is 4.12. The molecule has 1 nitrogen and oxygen atoms in total. The van der Waals surface area contributed by atoms with Crippen molar-refractivity contribution in [3.8, 4) is 0 Å². The van der Waals surface area contributed by atoms with Crippen molar-refractivity contribution in [2.24, 2.45) is 0 Å². The lowest BCUT2D eigenvalue weighted by molar-refractivity contribution is 0.518. The molecule has 0 bridgehead atoms. The molecule has 1 aromatic heterocycles. The quantitative estimate of drug-likeness (QED) is 0.645. The fourth-order valence-electron chi connectivity index (χ4n) is 3.08. The van der Waals surface area contributed by atoms with Crippen LogP contribution < -0.4 is 0 Å². The maximum absolute atomic E-state index is 13.4. The highest BCUT2D eigenvalue weighted by molar-refractivity contribution is 5.80. The number of benzene rings is 2. The SMILES string of the molecule is Fc1ccc2ccn(CC3Cc4ccccc43)c2c1. The van der Waals surface area contributed by atoms with Crippen LogP contribution in [0.2, 0.25) is 0 Å². The summed E-state index contributed by atoms with van der Waals surface area (Å²) < 4.78 is 15.5. The van der Waals surface area contributed by atoms with Crippen molar-refractivity contribution in [3.05, 3.63) is 71.7 Å². The van der Waals surface area contributed by atoms with Gasteiger partial charge in [0, 0.05) is 18.7 Å². The van der Waals surface area contributed by atoms with Crippen molar-refractivity contribution in [1.82, 2.24) is 4.57 Å². The third-order valence-electron chi connectivity index (χ3n) is 4.11. The van der Waals surface area contributed by atoms with Gasteiger partial charge in [-0.3, -0.25) is 0 Å². The zero-order valence-corrected chi connectivity index (χ0v) is 10.5. The lowest BCUT2D eigenvalue weighted by atomic mass is 9.77. The minimum atomic E-state index is -0.165. The molecule has 0 radical (unpaired) electrons. The number of hydrogen-bond acceptors (Lipinski definition) is 0. The Kier molecular flexibility index (Phi) is 2.25. The standard InChI is InChI=1S/C17H14FN/c18-15-6-5-12-7-8-19(17(12)10-15)11-14-9-13-3-1-2-4-16(13)14/h1-8,10,14H,9,11H2. The molecule has 1 unspecified atom stereocenters. The molecule has 0 aliphatic heterocycles. The summed E-state index contributed by atoms with van der Waals surface area (Å²) in [7, 11) is 0. The van der Waals surface area contributed by atoms with E-state index >= 15 is 0 Å². The first-order chi connectivity index (χ1) is 9.31. The molecule has 4 rings (SSSR count). The first kappa shape index (κ1) is 10.8. The van der Waals surface area contributed by atoms with Gasteiger partial charge in [0.2, 0.25) is 0 Å². The zero-order chi connectivity index (χ0) is 12.8. The molecule has 0 N–H and O–H groups in total. The second-order valence-electron chi connectivity index (χ2n) is 5.27. The fraction of sp³-hybridized carbons (Fsp3) is 0.176. The van der Waals surface area contributed by atoms with Crippen LogP contribution in [0.1, 0.15) is 17.0 Å². The number of aromatic nitrogens is 1. The molecule has 0 spiro atoms. The van der Waals surface area contributed by atoms with Gasteiger partial charge in [-0.25, -0.2) is 4.39 Å². The van der Waals surface area contributed by atoms with Gasteiger partial charge >= 0.3 is 0 Å². The number of hydrogen-bond donors (Lipinski definition) is 0. The number of fused-ring (bicyclic) bond motifs is 2. The van der Waals surface area contributed by atoms with E-state index in [9.17, 15) is 4.39 Å². The van der Waals surface area contributed by atoms with Crippen LogP contribution >= 0.6 is 0 Å². The van der Waals surface area contributed by atoms with Gasteiger partial charge < -0.3 is 4.57 Å². The summed E-state index contributed by atoms with van der Waals surface area (Å²) in [4.78, 5) is 0. The third kappa shape index (κ3) is 1.67. The summed E-state index contributed by atoms with van der Waals surface area (Å²) in [5.41, 5.74) is 3.89. The highest BCUT2D eigenvalue weighted by Gasteiger charge is 2.25. The van der Waals surface area contributed by atoms with Crippen molar-refractivity contribution in [3.63, 3.8) is 0 Å². The largest absolute Gasteiger partial charge is 0.347 e. The molecule has 1 aliphatic carbocycles. The van der Waals surface area contributed by atoms with Crippen LogP contribution in [0.15, 0.2) is 54.7 Å². The summed E-state index contributed by atoms with van der Waals surface area (Å²) in [6, 6.07) is 15.6. The molecule has 2 heteroatoms. The molecule has 94 valence electrons. The minimum absolute atomic E-state index is 0.165. The van der Waals surface area contributed by atoms with E-state index in [1.807, 2.05) is 6.07 Å². The van der Waals surface area contributed by atoms with Gasteiger partial charge in [-0.2, -0.15) is 0 Å². The summed E-state index contributed by atoms with van der Waals surface area (Å²) in [5.74, 6) is 0.400. The molecule has 0 saturated heterocycles. The van der Waals surface area contributed by atoms with Crippen LogP contribution in [-0.4, -0.2) is 4.57 Å². The van der Waals surface area contributed by atoms with Crippen molar-refractivity contribution >= 4 is 10.9 Å². The van der Waals surface area contributed by atoms with E-state index in [0.29, 0.717) is 5.92 Å². The minimum Gasteiger partial charge on any atom is -0.347 e. The Morgan fingerprint density at radius 3 is 2.89 bits per heavy atom. The average molecular weight is 251 g/mol. The highest BCUT2D eigenvalue weighted by atomic mass is 19.1. The van der Waals surface area contributed by atoms with Crippen LogP contribution in [0.4, 0.5) is 4.39 Å². The zero-order valence-electron chi connectivity index (χ0n) is 10.5. The van der Waals surface area contributed by atoms with E-state index < -0.39 is 0 Å². The van der Waals surface area contributed by atoms with Crippen LogP contribution in [0.3, 0.4) is 0 Å². The van der Waals surface area contributed by atoms with Gasteiger partial charge in [0.25, 0.3) is 0 Å². The molecule has 1 aliphatic rings. The first-order valence-corrected chi connectivity index (χ1v) is 6.63. The van der Waals surface area contributed by atoms with E-state index in [-0.39, 0.29) is 5.82 Å². The third-order valence-corrected chi connectivity index (χ3v) is 4.11. The van der Waals surface area contributed by atoms with Gasteiger partial charge in [-0.05, 0) is 47.2 Å². The molecule has 0 saturated carbocycles. The summed E-state index contributed by atoms with van der Waals surface area (Å²) in [6.45, 7) is 0.934. The normalized spacial score (nSPS) is 17.2. The van der Waals surface area contributed by atoms with Crippen LogP contribution in [0, 0.1) is 5.82 Å². The Morgan fingerprint density at radius 1 is 1.11 bits per heavy atom. The van der Waals surface area contributed by atoms with E-state index in [1.165, 1.54) is 17.2 Å². The predicted molar refractivity (Wildman–Crippen MR) is 74.8 cm³/mol. The van der Waals surface area contributed by atoms with Crippen molar-refractivity contribution in [2.45, 2.75) is 18.9 Å². The molecule has 3 aromatic rings.